The van der Waals surface area contributed by atoms with Crippen molar-refractivity contribution in [3.05, 3.63) is 35.9 Å². The van der Waals surface area contributed by atoms with Crippen LogP contribution in [-0.4, -0.2) is 5.71 Å². The standard InChI is InChI=1S/C9H12N2/c1-8(11-10)7-9-5-3-2-4-6-9/h2-6H,7,10H2,1H3/b11-8+. The highest BCUT2D eigenvalue weighted by molar-refractivity contribution is 5.83. The molecule has 0 heterocycles. The smallest absolute Gasteiger partial charge is 0.0388 e. The molecule has 2 heteroatoms. The average molecular weight is 148 g/mol. The Balaban J connectivity index is 2.65. The lowest BCUT2D eigenvalue weighted by molar-refractivity contribution is 1.18. The third-order valence-electron chi connectivity index (χ3n) is 1.52. The van der Waals surface area contributed by atoms with Gasteiger partial charge in [-0.3, -0.25) is 0 Å². The third kappa shape index (κ3) is 2.42. The van der Waals surface area contributed by atoms with Crippen molar-refractivity contribution in [2.24, 2.45) is 10.9 Å². The van der Waals surface area contributed by atoms with Gasteiger partial charge in [-0.25, -0.2) is 0 Å². The van der Waals surface area contributed by atoms with Gasteiger partial charge in [-0.2, -0.15) is 5.10 Å². The van der Waals surface area contributed by atoms with Crippen molar-refractivity contribution in [3.63, 3.8) is 0 Å². The lowest BCUT2D eigenvalue weighted by atomic mass is 10.1. The number of nitrogens with two attached hydrogens (primary N) is 1. The molecule has 0 spiro atoms. The predicted molar refractivity (Wildman–Crippen MR) is 47.4 cm³/mol. The van der Waals surface area contributed by atoms with Gasteiger partial charge in [-0.1, -0.05) is 30.3 Å². The summed E-state index contributed by atoms with van der Waals surface area (Å²) in [6.07, 6.45) is 0.845. The topological polar surface area (TPSA) is 38.4 Å². The maximum Gasteiger partial charge on any atom is 0.0388 e. The zero-order chi connectivity index (χ0) is 8.10. The molecule has 0 bridgehead atoms. The summed E-state index contributed by atoms with van der Waals surface area (Å²) < 4.78 is 0. The quantitative estimate of drug-likeness (QED) is 0.386. The number of hydrogen-bond acceptors (Lipinski definition) is 2. The Labute approximate surface area is 66.7 Å². The van der Waals surface area contributed by atoms with Crippen LogP contribution in [0.5, 0.6) is 0 Å². The highest BCUT2D eigenvalue weighted by atomic mass is 15.1. The molecular formula is C9H12N2. The number of nitrogens with zero attached hydrogens (tertiary/aromatic N) is 1. The minimum absolute atomic E-state index is 0.845. The highest BCUT2D eigenvalue weighted by Gasteiger charge is 1.92. The Hall–Kier alpha value is -1.31. The summed E-state index contributed by atoms with van der Waals surface area (Å²) in [6.45, 7) is 1.92. The second kappa shape index (κ2) is 3.76. The van der Waals surface area contributed by atoms with Gasteiger partial charge in [-0.05, 0) is 12.5 Å². The molecule has 0 aliphatic heterocycles. The normalized spacial score (nSPS) is 11.5. The van der Waals surface area contributed by atoms with E-state index in [2.05, 4.69) is 17.2 Å². The molecule has 0 unspecified atom stereocenters. The first kappa shape index (κ1) is 7.79. The van der Waals surface area contributed by atoms with Crippen LogP contribution in [0.4, 0.5) is 0 Å². The average Bonchev–Trinajstić information content (AvgIpc) is 2.06. The van der Waals surface area contributed by atoms with E-state index in [0.717, 1.165) is 12.1 Å². The van der Waals surface area contributed by atoms with E-state index in [1.54, 1.807) is 0 Å². The summed E-state index contributed by atoms with van der Waals surface area (Å²) in [5.74, 6) is 5.11. The van der Waals surface area contributed by atoms with Crippen LogP contribution < -0.4 is 5.84 Å². The molecule has 0 fully saturated rings. The molecule has 0 aliphatic carbocycles. The number of hydrazone groups is 1. The molecule has 0 aromatic heterocycles. The molecule has 58 valence electrons. The van der Waals surface area contributed by atoms with Gasteiger partial charge in [0.25, 0.3) is 0 Å². The summed E-state index contributed by atoms with van der Waals surface area (Å²) in [7, 11) is 0. The number of rotatable bonds is 2. The maximum atomic E-state index is 5.11. The van der Waals surface area contributed by atoms with Crippen molar-refractivity contribution in [3.8, 4) is 0 Å². The fourth-order valence-electron chi connectivity index (χ4n) is 0.937. The van der Waals surface area contributed by atoms with Crippen LogP contribution in [0.2, 0.25) is 0 Å². The van der Waals surface area contributed by atoms with Gasteiger partial charge in [0.15, 0.2) is 0 Å². The predicted octanol–water partition coefficient (Wildman–Crippen LogP) is 1.56. The zero-order valence-electron chi connectivity index (χ0n) is 6.62. The van der Waals surface area contributed by atoms with Gasteiger partial charge in [0.1, 0.15) is 0 Å². The Morgan fingerprint density at radius 3 is 2.55 bits per heavy atom. The molecule has 1 aromatic rings. The van der Waals surface area contributed by atoms with E-state index in [1.807, 2.05) is 25.1 Å². The van der Waals surface area contributed by atoms with Gasteiger partial charge in [0.2, 0.25) is 0 Å². The molecule has 2 N–H and O–H groups in total. The van der Waals surface area contributed by atoms with E-state index in [0.29, 0.717) is 0 Å². The zero-order valence-corrected chi connectivity index (χ0v) is 6.62. The Morgan fingerprint density at radius 2 is 2.00 bits per heavy atom. The summed E-state index contributed by atoms with van der Waals surface area (Å²) in [5, 5.41) is 3.60. The largest absolute Gasteiger partial charge is 0.323 e. The second-order valence-electron chi connectivity index (χ2n) is 2.53. The fourth-order valence-corrected chi connectivity index (χ4v) is 0.937. The molecule has 0 saturated heterocycles. The van der Waals surface area contributed by atoms with Crippen molar-refractivity contribution >= 4 is 5.71 Å². The summed E-state index contributed by atoms with van der Waals surface area (Å²) in [6, 6.07) is 10.2. The van der Waals surface area contributed by atoms with E-state index < -0.39 is 0 Å². The Kier molecular flexibility index (Phi) is 2.66. The molecule has 0 amide bonds. The minimum Gasteiger partial charge on any atom is -0.323 e. The first-order valence-electron chi connectivity index (χ1n) is 3.60. The van der Waals surface area contributed by atoms with Crippen molar-refractivity contribution in [2.75, 3.05) is 0 Å². The van der Waals surface area contributed by atoms with Crippen molar-refractivity contribution in [1.82, 2.24) is 0 Å². The van der Waals surface area contributed by atoms with E-state index in [4.69, 9.17) is 5.84 Å². The van der Waals surface area contributed by atoms with Crippen molar-refractivity contribution in [1.29, 1.82) is 0 Å². The lowest BCUT2D eigenvalue weighted by Gasteiger charge is -1.97. The van der Waals surface area contributed by atoms with Crippen LogP contribution in [0.1, 0.15) is 12.5 Å². The van der Waals surface area contributed by atoms with Gasteiger partial charge in [0, 0.05) is 12.1 Å². The van der Waals surface area contributed by atoms with Crippen LogP contribution >= 0.6 is 0 Å². The Bertz CT molecular complexity index is 239. The van der Waals surface area contributed by atoms with Crippen LogP contribution in [0.3, 0.4) is 0 Å². The second-order valence-corrected chi connectivity index (χ2v) is 2.53. The summed E-state index contributed by atoms with van der Waals surface area (Å²) in [5.41, 5.74) is 2.20. The third-order valence-corrected chi connectivity index (χ3v) is 1.52. The van der Waals surface area contributed by atoms with E-state index >= 15 is 0 Å². The molecule has 1 aromatic carbocycles. The van der Waals surface area contributed by atoms with Crippen molar-refractivity contribution < 1.29 is 0 Å². The van der Waals surface area contributed by atoms with Crippen LogP contribution in [-0.2, 0) is 6.42 Å². The lowest BCUT2D eigenvalue weighted by Crippen LogP contribution is -2.00. The minimum atomic E-state index is 0.845. The first-order chi connectivity index (χ1) is 5.33. The number of hydrogen-bond donors (Lipinski definition) is 1. The molecule has 2 nitrogen and oxygen atoms in total. The number of benzene rings is 1. The van der Waals surface area contributed by atoms with Crippen molar-refractivity contribution in [2.45, 2.75) is 13.3 Å². The Morgan fingerprint density at radius 1 is 1.36 bits per heavy atom. The van der Waals surface area contributed by atoms with Gasteiger partial charge < -0.3 is 5.84 Å². The van der Waals surface area contributed by atoms with E-state index in [-0.39, 0.29) is 0 Å². The van der Waals surface area contributed by atoms with E-state index in [9.17, 15) is 0 Å². The highest BCUT2D eigenvalue weighted by Crippen LogP contribution is 1.99. The summed E-state index contributed by atoms with van der Waals surface area (Å²) in [4.78, 5) is 0. The van der Waals surface area contributed by atoms with Crippen LogP contribution in [0.15, 0.2) is 35.4 Å². The van der Waals surface area contributed by atoms with Crippen LogP contribution in [0, 0.1) is 0 Å². The van der Waals surface area contributed by atoms with Gasteiger partial charge in [-0.15, -0.1) is 0 Å². The monoisotopic (exact) mass is 148 g/mol. The molecule has 1 rings (SSSR count). The van der Waals surface area contributed by atoms with Gasteiger partial charge >= 0.3 is 0 Å². The molecule has 0 aliphatic rings. The molecule has 11 heavy (non-hydrogen) atoms. The first-order valence-corrected chi connectivity index (χ1v) is 3.60. The molecule has 0 atom stereocenters. The summed E-state index contributed by atoms with van der Waals surface area (Å²) >= 11 is 0. The van der Waals surface area contributed by atoms with Crippen LogP contribution in [0.25, 0.3) is 0 Å². The molecule has 0 saturated carbocycles. The molecular weight excluding hydrogens is 136 g/mol. The molecule has 0 radical (unpaired) electrons. The fraction of sp³-hybridized carbons (Fsp3) is 0.222. The van der Waals surface area contributed by atoms with E-state index in [1.165, 1.54) is 5.56 Å². The van der Waals surface area contributed by atoms with Gasteiger partial charge in [0.05, 0.1) is 0 Å². The maximum absolute atomic E-state index is 5.11. The SMILES string of the molecule is C/C(Cc1ccccc1)=N\N.